The molecule has 0 N–H and O–H groups in total. The summed E-state index contributed by atoms with van der Waals surface area (Å²) in [4.78, 5) is 6.40. The van der Waals surface area contributed by atoms with Gasteiger partial charge in [0, 0.05) is 42.7 Å². The van der Waals surface area contributed by atoms with Gasteiger partial charge in [-0.25, -0.2) is 13.4 Å². The van der Waals surface area contributed by atoms with E-state index in [0.29, 0.717) is 26.2 Å². The highest BCUT2D eigenvalue weighted by Crippen LogP contribution is 2.17. The Labute approximate surface area is 126 Å². The van der Waals surface area contributed by atoms with Crippen molar-refractivity contribution in [3.05, 3.63) is 22.8 Å². The third kappa shape index (κ3) is 3.81. The molecule has 1 aliphatic heterocycles. The first kappa shape index (κ1) is 15.0. The Balaban J connectivity index is 1.98. The Hall–Kier alpha value is -0.370. The number of rotatable bonds is 4. The zero-order chi connectivity index (χ0) is 13.9. The van der Waals surface area contributed by atoms with Gasteiger partial charge < -0.3 is 4.90 Å². The van der Waals surface area contributed by atoms with Crippen molar-refractivity contribution >= 4 is 43.4 Å². The molecule has 1 aromatic rings. The summed E-state index contributed by atoms with van der Waals surface area (Å²) in [7, 11) is -3.20. The predicted octanol–water partition coefficient (Wildman–Crippen LogP) is 1.53. The SMILES string of the molecule is O=S(=O)(CCCl)N1CCN(c2ccc(Br)cn2)CC1. The Morgan fingerprint density at radius 1 is 1.26 bits per heavy atom. The van der Waals surface area contributed by atoms with Crippen molar-refractivity contribution in [2.24, 2.45) is 0 Å². The molecule has 106 valence electrons. The lowest BCUT2D eigenvalue weighted by Gasteiger charge is -2.34. The minimum atomic E-state index is -3.20. The number of alkyl halides is 1. The number of piperazine rings is 1. The second-order valence-corrected chi connectivity index (χ2v) is 7.61. The van der Waals surface area contributed by atoms with Gasteiger partial charge in [-0.2, -0.15) is 4.31 Å². The molecule has 0 aliphatic carbocycles. The van der Waals surface area contributed by atoms with Crippen LogP contribution in [0.1, 0.15) is 0 Å². The average Bonchev–Trinajstić information content (AvgIpc) is 2.40. The molecule has 1 saturated heterocycles. The molecule has 8 heteroatoms. The summed E-state index contributed by atoms with van der Waals surface area (Å²) >= 11 is 8.86. The molecule has 0 saturated carbocycles. The lowest BCUT2D eigenvalue weighted by atomic mass is 10.3. The first-order valence-corrected chi connectivity index (χ1v) is 8.87. The van der Waals surface area contributed by atoms with E-state index in [0.717, 1.165) is 10.3 Å². The van der Waals surface area contributed by atoms with Crippen molar-refractivity contribution < 1.29 is 8.42 Å². The van der Waals surface area contributed by atoms with Crippen LogP contribution in [0.5, 0.6) is 0 Å². The maximum atomic E-state index is 11.9. The predicted molar refractivity (Wildman–Crippen MR) is 80.2 cm³/mol. The Kier molecular flexibility index (Phi) is 5.05. The highest BCUT2D eigenvalue weighted by molar-refractivity contribution is 9.10. The number of pyridine rings is 1. The molecule has 0 bridgehead atoms. The summed E-state index contributed by atoms with van der Waals surface area (Å²) in [5, 5.41) is 0. The maximum absolute atomic E-state index is 11.9. The molecule has 1 aliphatic rings. The Morgan fingerprint density at radius 2 is 1.95 bits per heavy atom. The quantitative estimate of drug-likeness (QED) is 0.757. The van der Waals surface area contributed by atoms with Crippen LogP contribution in [-0.4, -0.2) is 55.5 Å². The number of hydrogen-bond acceptors (Lipinski definition) is 4. The van der Waals surface area contributed by atoms with Crippen molar-refractivity contribution in [2.75, 3.05) is 42.7 Å². The molecule has 0 amide bonds. The normalized spacial score (nSPS) is 17.7. The summed E-state index contributed by atoms with van der Waals surface area (Å²) in [5.41, 5.74) is 0. The number of aromatic nitrogens is 1. The van der Waals surface area contributed by atoms with Gasteiger partial charge in [0.05, 0.1) is 5.75 Å². The summed E-state index contributed by atoms with van der Waals surface area (Å²) < 4.78 is 26.2. The molecule has 0 unspecified atom stereocenters. The molecule has 1 fully saturated rings. The van der Waals surface area contributed by atoms with Crippen molar-refractivity contribution in [3.8, 4) is 0 Å². The molecular formula is C11H15BrClN3O2S. The Morgan fingerprint density at radius 3 is 2.47 bits per heavy atom. The van der Waals surface area contributed by atoms with E-state index in [1.165, 1.54) is 4.31 Å². The molecule has 1 aromatic heterocycles. The molecule has 0 atom stereocenters. The van der Waals surface area contributed by atoms with Crippen LogP contribution in [0.15, 0.2) is 22.8 Å². The van der Waals surface area contributed by atoms with Crippen molar-refractivity contribution in [3.63, 3.8) is 0 Å². The second-order valence-electron chi connectivity index (χ2n) is 4.23. The van der Waals surface area contributed by atoms with Gasteiger partial charge in [-0.15, -0.1) is 11.6 Å². The van der Waals surface area contributed by atoms with Crippen LogP contribution in [-0.2, 0) is 10.0 Å². The molecule has 2 heterocycles. The number of sulfonamides is 1. The largest absolute Gasteiger partial charge is 0.354 e. The fraction of sp³-hybridized carbons (Fsp3) is 0.545. The maximum Gasteiger partial charge on any atom is 0.215 e. The van der Waals surface area contributed by atoms with Crippen LogP contribution in [0.3, 0.4) is 0 Å². The molecule has 19 heavy (non-hydrogen) atoms. The monoisotopic (exact) mass is 367 g/mol. The molecule has 2 rings (SSSR count). The van der Waals surface area contributed by atoms with Gasteiger partial charge in [-0.3, -0.25) is 0 Å². The zero-order valence-corrected chi connectivity index (χ0v) is 13.5. The topological polar surface area (TPSA) is 53.5 Å². The van der Waals surface area contributed by atoms with Crippen LogP contribution in [0, 0.1) is 0 Å². The summed E-state index contributed by atoms with van der Waals surface area (Å²) in [6, 6.07) is 3.85. The van der Waals surface area contributed by atoms with Gasteiger partial charge in [0.25, 0.3) is 0 Å². The van der Waals surface area contributed by atoms with E-state index in [4.69, 9.17) is 11.6 Å². The van der Waals surface area contributed by atoms with Crippen LogP contribution in [0.25, 0.3) is 0 Å². The van der Waals surface area contributed by atoms with E-state index >= 15 is 0 Å². The van der Waals surface area contributed by atoms with Gasteiger partial charge in [-0.05, 0) is 28.1 Å². The minimum Gasteiger partial charge on any atom is -0.354 e. The van der Waals surface area contributed by atoms with Gasteiger partial charge in [0.2, 0.25) is 10.0 Å². The molecule has 0 radical (unpaired) electrons. The van der Waals surface area contributed by atoms with E-state index in [2.05, 4.69) is 25.8 Å². The van der Waals surface area contributed by atoms with Gasteiger partial charge in [-0.1, -0.05) is 0 Å². The zero-order valence-electron chi connectivity index (χ0n) is 10.3. The van der Waals surface area contributed by atoms with Crippen LogP contribution in [0.2, 0.25) is 0 Å². The second kappa shape index (κ2) is 6.39. The summed E-state index contributed by atoms with van der Waals surface area (Å²) in [6.45, 7) is 2.26. The van der Waals surface area contributed by atoms with E-state index in [9.17, 15) is 8.42 Å². The summed E-state index contributed by atoms with van der Waals surface area (Å²) in [5.74, 6) is 1.01. The average molecular weight is 369 g/mol. The smallest absolute Gasteiger partial charge is 0.215 e. The molecule has 5 nitrogen and oxygen atoms in total. The number of nitrogens with zero attached hydrogens (tertiary/aromatic N) is 3. The van der Waals surface area contributed by atoms with E-state index in [1.807, 2.05) is 12.1 Å². The lowest BCUT2D eigenvalue weighted by molar-refractivity contribution is 0.384. The third-order valence-electron chi connectivity index (χ3n) is 3.00. The van der Waals surface area contributed by atoms with E-state index in [1.54, 1.807) is 6.20 Å². The first-order chi connectivity index (χ1) is 9.03. The minimum absolute atomic E-state index is 0.00505. The standard InChI is InChI=1S/C11H15BrClN3O2S/c12-10-1-2-11(14-9-10)15-4-6-16(7-5-15)19(17,18)8-3-13/h1-2,9H,3-8H2. The summed E-state index contributed by atoms with van der Waals surface area (Å²) in [6.07, 6.45) is 1.74. The van der Waals surface area contributed by atoms with Crippen molar-refractivity contribution in [2.45, 2.75) is 0 Å². The van der Waals surface area contributed by atoms with E-state index < -0.39 is 10.0 Å². The molecule has 0 aromatic carbocycles. The van der Waals surface area contributed by atoms with Crippen LogP contribution >= 0.6 is 27.5 Å². The number of halogens is 2. The van der Waals surface area contributed by atoms with Crippen LogP contribution in [0.4, 0.5) is 5.82 Å². The molecule has 0 spiro atoms. The fourth-order valence-electron chi connectivity index (χ4n) is 1.98. The highest BCUT2D eigenvalue weighted by atomic mass is 79.9. The lowest BCUT2D eigenvalue weighted by Crippen LogP contribution is -2.49. The van der Waals surface area contributed by atoms with Crippen LogP contribution < -0.4 is 4.90 Å². The molecular weight excluding hydrogens is 354 g/mol. The highest BCUT2D eigenvalue weighted by Gasteiger charge is 2.26. The van der Waals surface area contributed by atoms with Crippen molar-refractivity contribution in [1.29, 1.82) is 0 Å². The number of anilines is 1. The van der Waals surface area contributed by atoms with Crippen molar-refractivity contribution in [1.82, 2.24) is 9.29 Å². The van der Waals surface area contributed by atoms with Gasteiger partial charge in [0.15, 0.2) is 0 Å². The number of hydrogen-bond donors (Lipinski definition) is 0. The van der Waals surface area contributed by atoms with Gasteiger partial charge >= 0.3 is 0 Å². The Bertz CT molecular complexity index is 515. The first-order valence-electron chi connectivity index (χ1n) is 5.93. The van der Waals surface area contributed by atoms with E-state index in [-0.39, 0.29) is 11.6 Å². The third-order valence-corrected chi connectivity index (χ3v) is 5.76. The van der Waals surface area contributed by atoms with Gasteiger partial charge in [0.1, 0.15) is 5.82 Å². The fourth-order valence-corrected chi connectivity index (χ4v) is 3.97.